The summed E-state index contributed by atoms with van der Waals surface area (Å²) >= 11 is 0. The lowest BCUT2D eigenvalue weighted by molar-refractivity contribution is -0.142. The molecule has 144 valence electrons. The third-order valence-electron chi connectivity index (χ3n) is 5.03. The highest BCUT2D eigenvalue weighted by atomic mass is 16.5. The smallest absolute Gasteiger partial charge is 0.227 e. The molecule has 0 spiro atoms. The number of amides is 2. The maximum atomic E-state index is 12.8. The molecule has 0 aliphatic carbocycles. The Morgan fingerprint density at radius 2 is 2.19 bits per heavy atom. The van der Waals surface area contributed by atoms with Crippen LogP contribution < -0.4 is 4.74 Å². The molecule has 0 N–H and O–H groups in total. The highest BCUT2D eigenvalue weighted by Gasteiger charge is 2.32. The molecule has 1 fully saturated rings. The lowest BCUT2D eigenvalue weighted by Gasteiger charge is -2.34. The minimum Gasteiger partial charge on any atom is -0.496 e. The Hall–Kier alpha value is -2.83. The van der Waals surface area contributed by atoms with Gasteiger partial charge in [-0.1, -0.05) is 18.2 Å². The minimum absolute atomic E-state index is 0.0889. The number of rotatable bonds is 7. The Kier molecular flexibility index (Phi) is 6.11. The zero-order valence-electron chi connectivity index (χ0n) is 15.9. The van der Waals surface area contributed by atoms with E-state index in [-0.39, 0.29) is 17.7 Å². The Labute approximate surface area is 159 Å². The Balaban J connectivity index is 1.60. The molecule has 2 aromatic rings. The van der Waals surface area contributed by atoms with Gasteiger partial charge in [0.25, 0.3) is 0 Å². The maximum Gasteiger partial charge on any atom is 0.227 e. The highest BCUT2D eigenvalue weighted by molar-refractivity contribution is 5.83. The summed E-state index contributed by atoms with van der Waals surface area (Å²) in [5.41, 5.74) is 0.954. The Bertz CT molecular complexity index is 775. The van der Waals surface area contributed by atoms with Crippen molar-refractivity contribution in [3.8, 4) is 5.75 Å². The third-order valence-corrected chi connectivity index (χ3v) is 5.03. The summed E-state index contributed by atoms with van der Waals surface area (Å²) in [7, 11) is 3.44. The van der Waals surface area contributed by atoms with Gasteiger partial charge in [0.05, 0.1) is 19.4 Å². The summed E-state index contributed by atoms with van der Waals surface area (Å²) in [4.78, 5) is 32.7. The van der Waals surface area contributed by atoms with Crippen molar-refractivity contribution in [3.63, 3.8) is 0 Å². The van der Waals surface area contributed by atoms with Crippen LogP contribution in [0.25, 0.3) is 0 Å². The molecule has 7 heteroatoms. The van der Waals surface area contributed by atoms with Crippen molar-refractivity contribution in [2.45, 2.75) is 25.9 Å². The van der Waals surface area contributed by atoms with Gasteiger partial charge in [0, 0.05) is 57.6 Å². The fourth-order valence-electron chi connectivity index (χ4n) is 3.41. The highest BCUT2D eigenvalue weighted by Crippen LogP contribution is 2.25. The summed E-state index contributed by atoms with van der Waals surface area (Å²) in [6, 6.07) is 7.67. The molecule has 0 saturated carbocycles. The second kappa shape index (κ2) is 8.70. The first kappa shape index (κ1) is 18.9. The number of benzene rings is 1. The molecule has 27 heavy (non-hydrogen) atoms. The second-order valence-corrected chi connectivity index (χ2v) is 6.88. The van der Waals surface area contributed by atoms with Crippen LogP contribution in [0.5, 0.6) is 5.75 Å². The van der Waals surface area contributed by atoms with Crippen LogP contribution in [-0.2, 0) is 22.7 Å². The number of hydrogen-bond donors (Lipinski definition) is 0. The van der Waals surface area contributed by atoms with E-state index in [0.29, 0.717) is 39.0 Å². The minimum atomic E-state index is -0.162. The number of carbonyl (C=O) groups is 2. The molecule has 1 aliphatic rings. The maximum absolute atomic E-state index is 12.8. The number of aromatic nitrogens is 2. The van der Waals surface area contributed by atoms with Gasteiger partial charge < -0.3 is 19.1 Å². The third kappa shape index (κ3) is 4.67. The van der Waals surface area contributed by atoms with Gasteiger partial charge in [0.1, 0.15) is 5.75 Å². The van der Waals surface area contributed by atoms with Crippen molar-refractivity contribution in [2.24, 2.45) is 5.92 Å². The largest absolute Gasteiger partial charge is 0.496 e. The predicted octanol–water partition coefficient (Wildman–Crippen LogP) is 1.79. The molecule has 2 heterocycles. The average molecular weight is 370 g/mol. The number of ether oxygens (including phenoxy) is 1. The van der Waals surface area contributed by atoms with Gasteiger partial charge in [-0.05, 0) is 12.5 Å². The van der Waals surface area contributed by atoms with Crippen LogP contribution in [0.4, 0.5) is 0 Å². The van der Waals surface area contributed by atoms with Crippen molar-refractivity contribution in [3.05, 3.63) is 48.5 Å². The number of hydrogen-bond acceptors (Lipinski definition) is 4. The number of likely N-dealkylation sites (N-methyl/N-ethyl adjacent to an activating group) is 1. The Morgan fingerprint density at radius 3 is 2.93 bits per heavy atom. The lowest BCUT2D eigenvalue weighted by Crippen LogP contribution is -2.46. The number of carbonyl (C=O) groups excluding carboxylic acids is 2. The van der Waals surface area contributed by atoms with E-state index in [1.165, 1.54) is 0 Å². The molecule has 1 aromatic carbocycles. The number of piperidine rings is 1. The van der Waals surface area contributed by atoms with Gasteiger partial charge in [-0.2, -0.15) is 0 Å². The second-order valence-electron chi connectivity index (χ2n) is 6.88. The predicted molar refractivity (Wildman–Crippen MR) is 101 cm³/mol. The first-order valence-corrected chi connectivity index (χ1v) is 9.19. The van der Waals surface area contributed by atoms with Gasteiger partial charge in [0.2, 0.25) is 11.8 Å². The summed E-state index contributed by atoms with van der Waals surface area (Å²) in [5, 5.41) is 0. The van der Waals surface area contributed by atoms with Crippen molar-refractivity contribution >= 4 is 11.8 Å². The molecular weight excluding hydrogens is 344 g/mol. The Morgan fingerprint density at radius 1 is 1.37 bits per heavy atom. The lowest BCUT2D eigenvalue weighted by atomic mass is 9.95. The topological polar surface area (TPSA) is 67.7 Å². The summed E-state index contributed by atoms with van der Waals surface area (Å²) < 4.78 is 7.33. The van der Waals surface area contributed by atoms with Crippen molar-refractivity contribution in [1.82, 2.24) is 19.4 Å². The number of methoxy groups -OCH3 is 1. The normalized spacial score (nSPS) is 17.0. The van der Waals surface area contributed by atoms with Gasteiger partial charge in [-0.3, -0.25) is 9.59 Å². The van der Waals surface area contributed by atoms with E-state index in [1.807, 2.05) is 42.1 Å². The molecule has 1 atom stereocenters. The van der Waals surface area contributed by atoms with Gasteiger partial charge in [-0.25, -0.2) is 4.98 Å². The molecule has 1 saturated heterocycles. The van der Waals surface area contributed by atoms with E-state index in [9.17, 15) is 9.59 Å². The standard InChI is InChI=1S/C20H26N4O3/c1-22(11-12-23-10-9-21-15-23)20(26)17-7-8-19(25)24(14-17)13-16-5-3-4-6-18(16)27-2/h3-6,9-10,15,17H,7-8,11-14H2,1-2H3/t17-/m1/s1. The van der Waals surface area contributed by atoms with E-state index in [1.54, 1.807) is 29.4 Å². The van der Waals surface area contributed by atoms with Crippen LogP contribution in [0, 0.1) is 5.92 Å². The number of imidazole rings is 1. The number of nitrogens with zero attached hydrogens (tertiary/aromatic N) is 4. The fourth-order valence-corrected chi connectivity index (χ4v) is 3.41. The monoisotopic (exact) mass is 370 g/mol. The van der Waals surface area contributed by atoms with Crippen molar-refractivity contribution < 1.29 is 14.3 Å². The average Bonchev–Trinajstić information content (AvgIpc) is 3.21. The van der Waals surface area contributed by atoms with Crippen LogP contribution in [0.15, 0.2) is 43.0 Å². The summed E-state index contributed by atoms with van der Waals surface area (Å²) in [6.45, 7) is 2.24. The van der Waals surface area contributed by atoms with E-state index >= 15 is 0 Å². The zero-order valence-corrected chi connectivity index (χ0v) is 15.9. The zero-order chi connectivity index (χ0) is 19.2. The SMILES string of the molecule is COc1ccccc1CN1C[C@H](C(=O)N(C)CCn2ccnc2)CCC1=O. The first-order valence-electron chi connectivity index (χ1n) is 9.19. The molecule has 7 nitrogen and oxygen atoms in total. The van der Waals surface area contributed by atoms with E-state index < -0.39 is 0 Å². The van der Waals surface area contributed by atoms with Gasteiger partial charge in [-0.15, -0.1) is 0 Å². The van der Waals surface area contributed by atoms with Crippen LogP contribution >= 0.6 is 0 Å². The molecule has 0 unspecified atom stereocenters. The number of para-hydroxylation sites is 1. The quantitative estimate of drug-likeness (QED) is 0.745. The molecule has 0 bridgehead atoms. The van der Waals surface area contributed by atoms with E-state index in [0.717, 1.165) is 11.3 Å². The van der Waals surface area contributed by atoms with Gasteiger partial charge in [0.15, 0.2) is 0 Å². The number of likely N-dealkylation sites (tertiary alicyclic amines) is 1. The molecule has 1 aliphatic heterocycles. The van der Waals surface area contributed by atoms with Crippen LogP contribution in [0.3, 0.4) is 0 Å². The van der Waals surface area contributed by atoms with Crippen molar-refractivity contribution in [2.75, 3.05) is 27.2 Å². The molecule has 1 aromatic heterocycles. The van der Waals surface area contributed by atoms with Crippen LogP contribution in [-0.4, -0.2) is 58.4 Å². The van der Waals surface area contributed by atoms with Crippen molar-refractivity contribution in [1.29, 1.82) is 0 Å². The summed E-state index contributed by atoms with van der Waals surface area (Å²) in [5.74, 6) is 0.778. The van der Waals surface area contributed by atoms with Gasteiger partial charge >= 0.3 is 0 Å². The molecule has 0 radical (unpaired) electrons. The molecular formula is C20H26N4O3. The van der Waals surface area contributed by atoms with Crippen LogP contribution in [0.2, 0.25) is 0 Å². The summed E-state index contributed by atoms with van der Waals surface area (Å²) in [6.07, 6.45) is 6.36. The molecule has 2 amide bonds. The first-order chi connectivity index (χ1) is 13.1. The fraction of sp³-hybridized carbons (Fsp3) is 0.450. The van der Waals surface area contributed by atoms with E-state index in [2.05, 4.69) is 4.98 Å². The van der Waals surface area contributed by atoms with Crippen LogP contribution in [0.1, 0.15) is 18.4 Å². The molecule has 3 rings (SSSR count). The van der Waals surface area contributed by atoms with E-state index in [4.69, 9.17) is 4.74 Å².